The highest BCUT2D eigenvalue weighted by Crippen LogP contribution is 2.13. The van der Waals surface area contributed by atoms with E-state index in [1.807, 2.05) is 31.2 Å². The molecular formula is C11H13NO. The van der Waals surface area contributed by atoms with E-state index in [0.717, 1.165) is 23.1 Å². The summed E-state index contributed by atoms with van der Waals surface area (Å²) in [6.45, 7) is 5.87. The Balaban J connectivity index is 2.83. The molecule has 0 fully saturated rings. The maximum absolute atomic E-state index is 8.45. The molecule has 0 aliphatic heterocycles. The Kier molecular flexibility index (Phi) is 3.15. The Bertz CT molecular complexity index is 329. The zero-order valence-corrected chi connectivity index (χ0v) is 7.62. The van der Waals surface area contributed by atoms with Gasteiger partial charge in [0.25, 0.3) is 0 Å². The van der Waals surface area contributed by atoms with Gasteiger partial charge in [-0.1, -0.05) is 30.8 Å². The minimum absolute atomic E-state index is 0.781. The lowest BCUT2D eigenvalue weighted by Gasteiger charge is -2.07. The zero-order valence-electron chi connectivity index (χ0n) is 7.62. The van der Waals surface area contributed by atoms with Crippen LogP contribution in [0, 0.1) is 6.92 Å². The summed E-state index contributed by atoms with van der Waals surface area (Å²) in [6, 6.07) is 7.94. The minimum Gasteiger partial charge on any atom is -0.514 e. The summed E-state index contributed by atoms with van der Waals surface area (Å²) in [7, 11) is 0. The first-order valence-corrected chi connectivity index (χ1v) is 4.06. The van der Waals surface area contributed by atoms with E-state index in [-0.39, 0.29) is 0 Å². The molecule has 0 bridgehead atoms. The summed E-state index contributed by atoms with van der Waals surface area (Å²) in [5.74, 6) is 0. The van der Waals surface area contributed by atoms with Gasteiger partial charge in [-0.3, -0.25) is 0 Å². The predicted molar refractivity (Wildman–Crippen MR) is 55.1 cm³/mol. The summed E-state index contributed by atoms with van der Waals surface area (Å²) in [5.41, 5.74) is 3.00. The van der Waals surface area contributed by atoms with Crippen LogP contribution in [0.3, 0.4) is 0 Å². The number of aryl methyl sites for hydroxylation is 1. The first-order valence-electron chi connectivity index (χ1n) is 4.06. The first-order chi connectivity index (χ1) is 6.25. The second-order valence-electron chi connectivity index (χ2n) is 2.75. The van der Waals surface area contributed by atoms with Gasteiger partial charge in [0.05, 0.1) is 6.26 Å². The van der Waals surface area contributed by atoms with Gasteiger partial charge in [-0.25, -0.2) is 0 Å². The SMILES string of the molecule is C=C(N/C=C\O)c1ccccc1C. The van der Waals surface area contributed by atoms with Crippen molar-refractivity contribution in [1.29, 1.82) is 0 Å². The van der Waals surface area contributed by atoms with Crippen molar-refractivity contribution in [3.05, 3.63) is 54.4 Å². The van der Waals surface area contributed by atoms with Crippen molar-refractivity contribution in [1.82, 2.24) is 5.32 Å². The Labute approximate surface area is 78.2 Å². The topological polar surface area (TPSA) is 32.3 Å². The summed E-state index contributed by atoms with van der Waals surface area (Å²) in [5, 5.41) is 11.3. The van der Waals surface area contributed by atoms with Gasteiger partial charge in [0, 0.05) is 17.5 Å². The minimum atomic E-state index is 0.781. The molecule has 0 spiro atoms. The molecule has 0 saturated heterocycles. The number of hydrogen-bond donors (Lipinski definition) is 2. The van der Waals surface area contributed by atoms with E-state index in [9.17, 15) is 0 Å². The Morgan fingerprint density at radius 2 is 2.15 bits per heavy atom. The number of hydrogen-bond acceptors (Lipinski definition) is 2. The lowest BCUT2D eigenvalue weighted by atomic mass is 10.1. The molecule has 2 N–H and O–H groups in total. The van der Waals surface area contributed by atoms with Crippen LogP contribution in [0.25, 0.3) is 5.70 Å². The monoisotopic (exact) mass is 175 g/mol. The molecular weight excluding hydrogens is 162 g/mol. The molecule has 0 aliphatic carbocycles. The molecule has 1 aromatic carbocycles. The van der Waals surface area contributed by atoms with Gasteiger partial charge in [0.2, 0.25) is 0 Å². The van der Waals surface area contributed by atoms with Gasteiger partial charge in [0.15, 0.2) is 0 Å². The Morgan fingerprint density at radius 1 is 1.46 bits per heavy atom. The summed E-state index contributed by atoms with van der Waals surface area (Å²) in [6.07, 6.45) is 2.39. The molecule has 1 aromatic rings. The molecule has 0 amide bonds. The van der Waals surface area contributed by atoms with Gasteiger partial charge < -0.3 is 10.4 Å². The third-order valence-electron chi connectivity index (χ3n) is 1.80. The van der Waals surface area contributed by atoms with Gasteiger partial charge in [-0.2, -0.15) is 0 Å². The highest BCUT2D eigenvalue weighted by atomic mass is 16.2. The number of benzene rings is 1. The zero-order chi connectivity index (χ0) is 9.68. The van der Waals surface area contributed by atoms with Crippen LogP contribution >= 0.6 is 0 Å². The van der Waals surface area contributed by atoms with E-state index in [1.54, 1.807) is 0 Å². The molecule has 0 atom stereocenters. The van der Waals surface area contributed by atoms with Crippen LogP contribution < -0.4 is 5.32 Å². The average molecular weight is 175 g/mol. The molecule has 2 heteroatoms. The van der Waals surface area contributed by atoms with E-state index in [4.69, 9.17) is 5.11 Å². The van der Waals surface area contributed by atoms with Crippen LogP contribution in [-0.2, 0) is 0 Å². The quantitative estimate of drug-likeness (QED) is 0.692. The van der Waals surface area contributed by atoms with E-state index in [1.165, 1.54) is 6.20 Å². The van der Waals surface area contributed by atoms with Crippen LogP contribution in [0.1, 0.15) is 11.1 Å². The first kappa shape index (κ1) is 9.39. The smallest absolute Gasteiger partial charge is 0.0951 e. The maximum atomic E-state index is 8.45. The van der Waals surface area contributed by atoms with Crippen molar-refractivity contribution in [2.45, 2.75) is 6.92 Å². The molecule has 0 unspecified atom stereocenters. The predicted octanol–water partition coefficient (Wildman–Crippen LogP) is 2.58. The summed E-state index contributed by atoms with van der Waals surface area (Å²) >= 11 is 0. The van der Waals surface area contributed by atoms with Gasteiger partial charge in [-0.15, -0.1) is 0 Å². The standard InChI is InChI=1S/C11H13NO/c1-9-5-3-4-6-11(9)10(2)12-7-8-13/h3-8,12-13H,2H2,1H3/b8-7-. The Morgan fingerprint density at radius 3 is 2.77 bits per heavy atom. The normalized spacial score (nSPS) is 10.2. The van der Waals surface area contributed by atoms with Gasteiger partial charge in [0.1, 0.15) is 0 Å². The van der Waals surface area contributed by atoms with Crippen molar-refractivity contribution < 1.29 is 5.11 Å². The molecule has 2 nitrogen and oxygen atoms in total. The maximum Gasteiger partial charge on any atom is 0.0951 e. The number of aliphatic hydroxyl groups is 1. The molecule has 0 saturated carbocycles. The van der Waals surface area contributed by atoms with Crippen LogP contribution in [0.15, 0.2) is 43.3 Å². The highest BCUT2D eigenvalue weighted by molar-refractivity contribution is 5.65. The molecule has 0 aliphatic rings. The molecule has 0 heterocycles. The summed E-state index contributed by atoms with van der Waals surface area (Å²) < 4.78 is 0. The highest BCUT2D eigenvalue weighted by Gasteiger charge is 1.98. The van der Waals surface area contributed by atoms with Gasteiger partial charge >= 0.3 is 0 Å². The number of rotatable bonds is 3. The molecule has 68 valence electrons. The lowest BCUT2D eigenvalue weighted by molar-refractivity contribution is 0.470. The van der Waals surface area contributed by atoms with Crippen molar-refractivity contribution in [2.75, 3.05) is 0 Å². The van der Waals surface area contributed by atoms with Crippen molar-refractivity contribution in [2.24, 2.45) is 0 Å². The Hall–Kier alpha value is -1.70. The lowest BCUT2D eigenvalue weighted by Crippen LogP contribution is -2.03. The average Bonchev–Trinajstić information content (AvgIpc) is 2.15. The second-order valence-corrected chi connectivity index (χ2v) is 2.75. The van der Waals surface area contributed by atoms with E-state index in [0.29, 0.717) is 0 Å². The molecule has 0 aromatic heterocycles. The van der Waals surface area contributed by atoms with Crippen molar-refractivity contribution in [3.8, 4) is 0 Å². The fourth-order valence-electron chi connectivity index (χ4n) is 1.13. The van der Waals surface area contributed by atoms with E-state index >= 15 is 0 Å². The van der Waals surface area contributed by atoms with Crippen LogP contribution in [0.4, 0.5) is 0 Å². The van der Waals surface area contributed by atoms with Crippen LogP contribution in [-0.4, -0.2) is 5.11 Å². The van der Waals surface area contributed by atoms with Crippen LogP contribution in [0.2, 0.25) is 0 Å². The second kappa shape index (κ2) is 4.36. The number of aliphatic hydroxyl groups excluding tert-OH is 1. The van der Waals surface area contributed by atoms with Crippen molar-refractivity contribution >= 4 is 5.70 Å². The van der Waals surface area contributed by atoms with E-state index < -0.39 is 0 Å². The van der Waals surface area contributed by atoms with Crippen LogP contribution in [0.5, 0.6) is 0 Å². The fraction of sp³-hybridized carbons (Fsp3) is 0.0909. The molecule has 0 radical (unpaired) electrons. The van der Waals surface area contributed by atoms with E-state index in [2.05, 4.69) is 11.9 Å². The van der Waals surface area contributed by atoms with Crippen molar-refractivity contribution in [3.63, 3.8) is 0 Å². The number of nitrogens with one attached hydrogen (secondary N) is 1. The summed E-state index contributed by atoms with van der Waals surface area (Å²) in [4.78, 5) is 0. The molecule has 1 rings (SSSR count). The van der Waals surface area contributed by atoms with Gasteiger partial charge in [-0.05, 0) is 12.5 Å². The largest absolute Gasteiger partial charge is 0.514 e. The molecule has 13 heavy (non-hydrogen) atoms. The fourth-order valence-corrected chi connectivity index (χ4v) is 1.13. The third kappa shape index (κ3) is 2.37. The third-order valence-corrected chi connectivity index (χ3v) is 1.80.